The van der Waals surface area contributed by atoms with E-state index in [1.165, 1.54) is 30.3 Å². The quantitative estimate of drug-likeness (QED) is 0.835. The molecule has 88 valence electrons. The van der Waals surface area contributed by atoms with Gasteiger partial charge in [-0.1, -0.05) is 0 Å². The first-order chi connectivity index (χ1) is 7.90. The van der Waals surface area contributed by atoms with Crippen molar-refractivity contribution < 1.29 is 0 Å². The molecule has 0 aromatic heterocycles. The van der Waals surface area contributed by atoms with Crippen molar-refractivity contribution in [1.82, 2.24) is 0 Å². The summed E-state index contributed by atoms with van der Waals surface area (Å²) in [4.78, 5) is 2.45. The molecule has 4 heteroatoms. The van der Waals surface area contributed by atoms with Gasteiger partial charge < -0.3 is 16.0 Å². The molecular weight excluding hydrogens is 218 g/mol. The van der Waals surface area contributed by atoms with Crippen molar-refractivity contribution in [3.63, 3.8) is 0 Å². The SMILES string of the molecule is NCCNc1ccc(N2CCSCC2)cc1. The highest BCUT2D eigenvalue weighted by Gasteiger charge is 2.10. The second-order valence-corrected chi connectivity index (χ2v) is 5.09. The summed E-state index contributed by atoms with van der Waals surface area (Å²) < 4.78 is 0. The monoisotopic (exact) mass is 237 g/mol. The van der Waals surface area contributed by atoms with E-state index in [0.717, 1.165) is 12.2 Å². The Balaban J connectivity index is 1.95. The number of nitrogens with two attached hydrogens (primary N) is 1. The summed E-state index contributed by atoms with van der Waals surface area (Å²) >= 11 is 2.04. The van der Waals surface area contributed by atoms with Gasteiger partial charge in [-0.05, 0) is 24.3 Å². The van der Waals surface area contributed by atoms with Crippen LogP contribution in [0.25, 0.3) is 0 Å². The van der Waals surface area contributed by atoms with Gasteiger partial charge in [0.25, 0.3) is 0 Å². The van der Waals surface area contributed by atoms with E-state index in [4.69, 9.17) is 5.73 Å². The molecule has 1 saturated heterocycles. The van der Waals surface area contributed by atoms with Crippen molar-refractivity contribution >= 4 is 23.1 Å². The third-order valence-corrected chi connectivity index (χ3v) is 3.66. The lowest BCUT2D eigenvalue weighted by Crippen LogP contribution is -2.32. The summed E-state index contributed by atoms with van der Waals surface area (Å²) in [6, 6.07) is 8.64. The summed E-state index contributed by atoms with van der Waals surface area (Å²) in [6.45, 7) is 3.84. The van der Waals surface area contributed by atoms with Crippen LogP contribution in [0.2, 0.25) is 0 Å². The highest BCUT2D eigenvalue weighted by Crippen LogP contribution is 2.21. The largest absolute Gasteiger partial charge is 0.384 e. The molecule has 3 nitrogen and oxygen atoms in total. The molecule has 3 N–H and O–H groups in total. The molecule has 1 aromatic rings. The van der Waals surface area contributed by atoms with Gasteiger partial charge in [-0.3, -0.25) is 0 Å². The molecule has 0 radical (unpaired) electrons. The van der Waals surface area contributed by atoms with Crippen molar-refractivity contribution in [3.8, 4) is 0 Å². The highest BCUT2D eigenvalue weighted by molar-refractivity contribution is 7.99. The Kier molecular flexibility index (Phi) is 4.36. The van der Waals surface area contributed by atoms with Crippen molar-refractivity contribution in [1.29, 1.82) is 0 Å². The molecule has 1 fully saturated rings. The summed E-state index contributed by atoms with van der Waals surface area (Å²) in [5.74, 6) is 2.49. The zero-order valence-electron chi connectivity index (χ0n) is 9.48. The van der Waals surface area contributed by atoms with Crippen molar-refractivity contribution in [2.24, 2.45) is 5.73 Å². The lowest BCUT2D eigenvalue weighted by Gasteiger charge is -2.28. The normalized spacial score (nSPS) is 16.2. The van der Waals surface area contributed by atoms with Gasteiger partial charge in [0.2, 0.25) is 0 Å². The van der Waals surface area contributed by atoms with Gasteiger partial charge in [0.05, 0.1) is 0 Å². The molecule has 0 unspecified atom stereocenters. The fourth-order valence-electron chi connectivity index (χ4n) is 1.83. The number of benzene rings is 1. The molecule has 1 aliphatic heterocycles. The fraction of sp³-hybridized carbons (Fsp3) is 0.500. The van der Waals surface area contributed by atoms with E-state index < -0.39 is 0 Å². The highest BCUT2D eigenvalue weighted by atomic mass is 32.2. The first-order valence-electron chi connectivity index (χ1n) is 5.77. The molecule has 1 heterocycles. The predicted molar refractivity (Wildman–Crippen MR) is 73.5 cm³/mol. The zero-order valence-corrected chi connectivity index (χ0v) is 10.3. The maximum Gasteiger partial charge on any atom is 0.0368 e. The minimum absolute atomic E-state index is 0.672. The molecule has 0 aliphatic carbocycles. The molecule has 16 heavy (non-hydrogen) atoms. The Labute approximate surface area is 101 Å². The van der Waals surface area contributed by atoms with E-state index in [9.17, 15) is 0 Å². The fourth-order valence-corrected chi connectivity index (χ4v) is 2.73. The molecule has 2 rings (SSSR count). The van der Waals surface area contributed by atoms with Crippen molar-refractivity contribution in [2.75, 3.05) is 47.9 Å². The van der Waals surface area contributed by atoms with Crippen LogP contribution in [0.15, 0.2) is 24.3 Å². The van der Waals surface area contributed by atoms with Gasteiger partial charge in [0.15, 0.2) is 0 Å². The summed E-state index contributed by atoms with van der Waals surface area (Å²) in [5, 5.41) is 3.28. The van der Waals surface area contributed by atoms with Crippen LogP contribution in [0, 0.1) is 0 Å². The van der Waals surface area contributed by atoms with E-state index in [1.54, 1.807) is 0 Å². The second-order valence-electron chi connectivity index (χ2n) is 3.86. The smallest absolute Gasteiger partial charge is 0.0368 e. The van der Waals surface area contributed by atoms with Gasteiger partial charge >= 0.3 is 0 Å². The van der Waals surface area contributed by atoms with Crippen LogP contribution in [0.3, 0.4) is 0 Å². The van der Waals surface area contributed by atoms with Crippen molar-refractivity contribution in [3.05, 3.63) is 24.3 Å². The molecule has 1 aliphatic rings. The zero-order chi connectivity index (χ0) is 11.2. The third kappa shape index (κ3) is 3.06. The topological polar surface area (TPSA) is 41.3 Å². The number of hydrogen-bond acceptors (Lipinski definition) is 4. The first kappa shape index (κ1) is 11.6. The summed E-state index contributed by atoms with van der Waals surface area (Å²) in [6.07, 6.45) is 0. The lowest BCUT2D eigenvalue weighted by atomic mass is 10.2. The van der Waals surface area contributed by atoms with E-state index in [1.807, 2.05) is 11.8 Å². The number of nitrogens with zero attached hydrogens (tertiary/aromatic N) is 1. The van der Waals surface area contributed by atoms with E-state index in [0.29, 0.717) is 6.54 Å². The van der Waals surface area contributed by atoms with Crippen LogP contribution in [0.5, 0.6) is 0 Å². The van der Waals surface area contributed by atoms with Crippen LogP contribution < -0.4 is 16.0 Å². The minimum Gasteiger partial charge on any atom is -0.384 e. The average Bonchev–Trinajstić information content (AvgIpc) is 2.38. The second kappa shape index (κ2) is 6.01. The lowest BCUT2D eigenvalue weighted by molar-refractivity contribution is 0.859. The molecule has 0 atom stereocenters. The number of thioether (sulfide) groups is 1. The number of rotatable bonds is 4. The van der Waals surface area contributed by atoms with Gasteiger partial charge in [0.1, 0.15) is 0 Å². The van der Waals surface area contributed by atoms with E-state index in [-0.39, 0.29) is 0 Å². The molecule has 1 aromatic carbocycles. The van der Waals surface area contributed by atoms with Crippen molar-refractivity contribution in [2.45, 2.75) is 0 Å². The van der Waals surface area contributed by atoms with Crippen LogP contribution in [0.4, 0.5) is 11.4 Å². The Morgan fingerprint density at radius 1 is 1.19 bits per heavy atom. The average molecular weight is 237 g/mol. The van der Waals surface area contributed by atoms with Crippen LogP contribution in [-0.2, 0) is 0 Å². The molecule has 0 saturated carbocycles. The number of anilines is 2. The van der Waals surface area contributed by atoms with Crippen LogP contribution in [0.1, 0.15) is 0 Å². The van der Waals surface area contributed by atoms with E-state index >= 15 is 0 Å². The predicted octanol–water partition coefficient (Wildman–Crippen LogP) is 1.61. The standard InChI is InChI=1S/C12H19N3S/c13-5-6-14-11-1-3-12(4-2-11)15-7-9-16-10-8-15/h1-4,14H,5-10,13H2. The summed E-state index contributed by atoms with van der Waals surface area (Å²) in [5.41, 5.74) is 7.94. The third-order valence-electron chi connectivity index (χ3n) is 2.72. The van der Waals surface area contributed by atoms with Crippen LogP contribution in [-0.4, -0.2) is 37.7 Å². The Bertz CT molecular complexity index is 307. The van der Waals surface area contributed by atoms with Gasteiger partial charge in [-0.2, -0.15) is 11.8 Å². The van der Waals surface area contributed by atoms with Gasteiger partial charge in [-0.25, -0.2) is 0 Å². The molecular formula is C12H19N3S. The minimum atomic E-state index is 0.672. The maximum absolute atomic E-state index is 5.45. The van der Waals surface area contributed by atoms with Crippen LogP contribution >= 0.6 is 11.8 Å². The Morgan fingerprint density at radius 2 is 1.88 bits per heavy atom. The molecule has 0 bridgehead atoms. The molecule has 0 amide bonds. The number of hydrogen-bond donors (Lipinski definition) is 2. The van der Waals surface area contributed by atoms with Gasteiger partial charge in [0, 0.05) is 49.1 Å². The van der Waals surface area contributed by atoms with E-state index in [2.05, 4.69) is 34.5 Å². The van der Waals surface area contributed by atoms with Gasteiger partial charge in [-0.15, -0.1) is 0 Å². The Morgan fingerprint density at radius 3 is 2.50 bits per heavy atom. The maximum atomic E-state index is 5.45. The first-order valence-corrected chi connectivity index (χ1v) is 6.92. The number of nitrogens with one attached hydrogen (secondary N) is 1. The Hall–Kier alpha value is -0.870. The molecule has 0 spiro atoms. The summed E-state index contributed by atoms with van der Waals surface area (Å²) in [7, 11) is 0.